The second-order valence-corrected chi connectivity index (χ2v) is 1.79. The van der Waals surface area contributed by atoms with Crippen LogP contribution in [0.1, 0.15) is 0 Å². The van der Waals surface area contributed by atoms with E-state index in [1.807, 2.05) is 0 Å². The topological polar surface area (TPSA) is 118 Å². The van der Waals surface area contributed by atoms with Gasteiger partial charge in [-0.15, -0.1) is 0 Å². The summed E-state index contributed by atoms with van der Waals surface area (Å²) in [5.41, 5.74) is 0. The Kier molecular flexibility index (Phi) is 8.07. The summed E-state index contributed by atoms with van der Waals surface area (Å²) >= 11 is -0.188. The summed E-state index contributed by atoms with van der Waals surface area (Å²) in [6, 6.07) is 0. The molecule has 8 heavy (non-hydrogen) atoms. The van der Waals surface area contributed by atoms with E-state index in [2.05, 4.69) is 0 Å². The Morgan fingerprint density at radius 1 is 1.12 bits per heavy atom. The van der Waals surface area contributed by atoms with Crippen molar-refractivity contribution in [3.63, 3.8) is 0 Å². The second-order valence-electron chi connectivity index (χ2n) is 0.574. The maximum absolute atomic E-state index is 8.88. The zero-order chi connectivity index (χ0) is 7.21. The van der Waals surface area contributed by atoms with Crippen LogP contribution >= 0.6 is 7.82 Å². The molecule has 6 nitrogen and oxygen atoms in total. The molecule has 0 aromatic rings. The first-order valence-electron chi connectivity index (χ1n) is 1.05. The first-order chi connectivity index (χ1) is 3.41. The molecule has 0 bridgehead atoms. The first-order valence-corrected chi connectivity index (χ1v) is 3.46. The normalized spacial score (nSPS) is 10.1. The van der Waals surface area contributed by atoms with Crippen LogP contribution in [0.15, 0.2) is 0 Å². The van der Waals surface area contributed by atoms with Gasteiger partial charge in [-0.25, -0.2) is 4.57 Å². The van der Waals surface area contributed by atoms with E-state index in [0.29, 0.717) is 0 Å². The van der Waals surface area contributed by atoms with Crippen LogP contribution < -0.4 is 0 Å². The molecule has 0 unspecified atom stereocenters. The van der Waals surface area contributed by atoms with E-state index in [1.54, 1.807) is 0 Å². The van der Waals surface area contributed by atoms with Crippen LogP contribution in [0, 0.1) is 0 Å². The molecule has 0 aromatic heterocycles. The van der Waals surface area contributed by atoms with Gasteiger partial charge in [0.05, 0.1) is 0 Å². The average molecular weight is 196 g/mol. The molecule has 0 saturated carbocycles. The molecular weight excluding hydrogens is 191 g/mol. The molecule has 0 fully saturated rings. The summed E-state index contributed by atoms with van der Waals surface area (Å²) in [6.07, 6.45) is 0. The molecule has 0 atom stereocenters. The van der Waals surface area contributed by atoms with Gasteiger partial charge in [-0.05, 0) is 0 Å². The van der Waals surface area contributed by atoms with Gasteiger partial charge in [0, 0.05) is 0 Å². The molecule has 0 heterocycles. The van der Waals surface area contributed by atoms with Gasteiger partial charge in [0.15, 0.2) is 0 Å². The molecule has 0 spiro atoms. The van der Waals surface area contributed by atoms with Crippen molar-refractivity contribution < 1.29 is 43.2 Å². The molecule has 0 amide bonds. The zero-order valence-electron chi connectivity index (χ0n) is 3.39. The van der Waals surface area contributed by atoms with Crippen LogP contribution in [0.2, 0.25) is 0 Å². The van der Waals surface area contributed by atoms with Gasteiger partial charge in [0.2, 0.25) is 0 Å². The third-order valence-electron chi connectivity index (χ3n) is 0. The summed E-state index contributed by atoms with van der Waals surface area (Å²) in [7, 11) is -4.64. The van der Waals surface area contributed by atoms with E-state index in [-0.39, 0.29) is 15.6 Å². The fraction of sp³-hybridized carbons (Fsp3) is 0. The maximum atomic E-state index is 8.88. The van der Waals surface area contributed by atoms with Gasteiger partial charge in [0.25, 0.3) is 0 Å². The molecule has 0 aromatic carbocycles. The minimum absolute atomic E-state index is 0.188. The van der Waals surface area contributed by atoms with E-state index in [1.165, 1.54) is 0 Å². The predicted octanol–water partition coefficient (Wildman–Crippen LogP) is -2.05. The van der Waals surface area contributed by atoms with Crippen LogP contribution in [0.4, 0.5) is 0 Å². The Hall–Kier alpha value is 0.549. The molecule has 8 heteroatoms. The third kappa shape index (κ3) is 668. The van der Waals surface area contributed by atoms with Crippen molar-refractivity contribution in [2.75, 3.05) is 0 Å². The van der Waals surface area contributed by atoms with E-state index < -0.39 is 7.82 Å². The predicted molar refractivity (Wildman–Crippen MR) is 18.7 cm³/mol. The molecule has 0 aliphatic rings. The Morgan fingerprint density at radius 2 is 1.12 bits per heavy atom. The number of hydrogen-bond acceptors (Lipinski definition) is 3. The fourth-order valence-corrected chi connectivity index (χ4v) is 0. The monoisotopic (exact) mass is 195 g/mol. The SMILES string of the molecule is O=P(O)(O)O.[OH][Cu][OH]. The van der Waals surface area contributed by atoms with E-state index in [4.69, 9.17) is 27.6 Å². The standard InChI is InChI=1S/Cu.H3O4P.2H2O/c;1-5(2,3)4;;/h;(H3,1,2,3,4);2*1H2/q+2;;;/p-2. The molecule has 0 saturated heterocycles. The summed E-state index contributed by atoms with van der Waals surface area (Å²) in [4.78, 5) is 21.6. The number of hydrogen-bond donors (Lipinski definition) is 5. The quantitative estimate of drug-likeness (QED) is 0.224. The van der Waals surface area contributed by atoms with Crippen LogP contribution in [0.25, 0.3) is 0 Å². The Labute approximate surface area is 51.8 Å². The van der Waals surface area contributed by atoms with Crippen molar-refractivity contribution in [3.8, 4) is 0 Å². The van der Waals surface area contributed by atoms with Crippen molar-refractivity contribution in [1.82, 2.24) is 0 Å². The molecule has 5 N–H and O–H groups in total. The summed E-state index contributed by atoms with van der Waals surface area (Å²) in [5.74, 6) is 0. The molecule has 0 radical (unpaired) electrons. The van der Waals surface area contributed by atoms with Crippen LogP contribution in [0.3, 0.4) is 0 Å². The van der Waals surface area contributed by atoms with Crippen molar-refractivity contribution in [2.45, 2.75) is 0 Å². The van der Waals surface area contributed by atoms with Crippen molar-refractivity contribution >= 4 is 7.82 Å². The summed E-state index contributed by atoms with van der Waals surface area (Å²) in [5, 5.41) is 0. The molecule has 0 aliphatic carbocycles. The Morgan fingerprint density at radius 3 is 1.12 bits per heavy atom. The van der Waals surface area contributed by atoms with Gasteiger partial charge >= 0.3 is 31.8 Å². The minimum atomic E-state index is -4.64. The van der Waals surface area contributed by atoms with Gasteiger partial charge in [0.1, 0.15) is 0 Å². The van der Waals surface area contributed by atoms with Gasteiger partial charge < -0.3 is 14.7 Å². The van der Waals surface area contributed by atoms with Crippen molar-refractivity contribution in [1.29, 1.82) is 0 Å². The van der Waals surface area contributed by atoms with E-state index in [0.717, 1.165) is 0 Å². The van der Waals surface area contributed by atoms with Crippen molar-refractivity contribution in [3.05, 3.63) is 0 Å². The van der Waals surface area contributed by atoms with Crippen molar-refractivity contribution in [2.24, 2.45) is 0 Å². The number of rotatable bonds is 0. The van der Waals surface area contributed by atoms with Gasteiger partial charge in [-0.3, -0.25) is 0 Å². The molecule has 0 aliphatic heterocycles. The summed E-state index contributed by atoms with van der Waals surface area (Å²) < 4.78 is 22.9. The average Bonchev–Trinajstić information content (AvgIpc) is 1.27. The van der Waals surface area contributed by atoms with Crippen LogP contribution in [-0.2, 0) is 20.2 Å². The Bertz CT molecular complexity index is 64.3. The fourth-order valence-electron chi connectivity index (χ4n) is 0. The Balaban J connectivity index is 0. The summed E-state index contributed by atoms with van der Waals surface area (Å²) in [6.45, 7) is 0. The third-order valence-corrected chi connectivity index (χ3v) is 0. The van der Waals surface area contributed by atoms with Gasteiger partial charge in [-0.1, -0.05) is 0 Å². The van der Waals surface area contributed by atoms with Crippen LogP contribution in [0.5, 0.6) is 0 Å². The molecule has 0 rings (SSSR count). The van der Waals surface area contributed by atoms with E-state index >= 15 is 0 Å². The molecular formula is H5CuO6P. The molecule has 57 valence electrons. The van der Waals surface area contributed by atoms with Gasteiger partial charge in [-0.2, -0.15) is 0 Å². The van der Waals surface area contributed by atoms with E-state index in [9.17, 15) is 0 Å². The second kappa shape index (κ2) is 5.68. The number of phosphoric acid groups is 1. The van der Waals surface area contributed by atoms with Crippen LogP contribution in [-0.4, -0.2) is 23.1 Å². The zero-order valence-corrected chi connectivity index (χ0v) is 5.23. The first kappa shape index (κ1) is 11.4.